The van der Waals surface area contributed by atoms with Crippen molar-refractivity contribution in [1.29, 1.82) is 0 Å². The van der Waals surface area contributed by atoms with Crippen molar-refractivity contribution >= 4 is 11.0 Å². The molecule has 1 unspecified atom stereocenters. The first-order valence-electron chi connectivity index (χ1n) is 7.04. The standard InChI is InChI=1S/C15H22N2O2/c1-2-3-4-5-12(18)8-6-11-7-9-13-14(15(11)19)17-10-16-13/h7,9-10,12,18-19H,2-6,8H2,1H3,(H,16,17). The highest BCUT2D eigenvalue weighted by Gasteiger charge is 2.10. The predicted molar refractivity (Wildman–Crippen MR) is 76.2 cm³/mol. The molecule has 2 aromatic rings. The first-order chi connectivity index (χ1) is 9.22. The second kappa shape index (κ2) is 6.57. The van der Waals surface area contributed by atoms with Crippen LogP contribution in [0.15, 0.2) is 18.5 Å². The monoisotopic (exact) mass is 262 g/mol. The lowest BCUT2D eigenvalue weighted by Crippen LogP contribution is -2.07. The Morgan fingerprint density at radius 2 is 2.11 bits per heavy atom. The molecule has 1 aromatic carbocycles. The van der Waals surface area contributed by atoms with Crippen LogP contribution in [0.25, 0.3) is 11.0 Å². The summed E-state index contributed by atoms with van der Waals surface area (Å²) in [6, 6.07) is 3.81. The molecule has 1 heterocycles. The predicted octanol–water partition coefficient (Wildman–Crippen LogP) is 3.14. The number of aliphatic hydroxyl groups is 1. The number of aryl methyl sites for hydroxylation is 1. The first-order valence-corrected chi connectivity index (χ1v) is 7.04. The summed E-state index contributed by atoms with van der Waals surface area (Å²) in [7, 11) is 0. The Hall–Kier alpha value is -1.55. The number of fused-ring (bicyclic) bond motifs is 1. The van der Waals surface area contributed by atoms with E-state index in [0.29, 0.717) is 18.4 Å². The minimum atomic E-state index is -0.277. The molecule has 4 heteroatoms. The summed E-state index contributed by atoms with van der Waals surface area (Å²) in [4.78, 5) is 7.06. The molecule has 0 amide bonds. The first kappa shape index (κ1) is 13.9. The number of imidazole rings is 1. The summed E-state index contributed by atoms with van der Waals surface area (Å²) in [5, 5.41) is 20.0. The van der Waals surface area contributed by atoms with Gasteiger partial charge in [-0.15, -0.1) is 0 Å². The van der Waals surface area contributed by atoms with E-state index >= 15 is 0 Å². The van der Waals surface area contributed by atoms with Gasteiger partial charge >= 0.3 is 0 Å². The summed E-state index contributed by atoms with van der Waals surface area (Å²) < 4.78 is 0. The number of nitrogens with one attached hydrogen (secondary N) is 1. The van der Waals surface area contributed by atoms with Crippen LogP contribution >= 0.6 is 0 Å². The van der Waals surface area contributed by atoms with Gasteiger partial charge in [-0.25, -0.2) is 4.98 Å². The highest BCUT2D eigenvalue weighted by Crippen LogP contribution is 2.27. The Kier molecular flexibility index (Phi) is 4.80. The molecule has 19 heavy (non-hydrogen) atoms. The smallest absolute Gasteiger partial charge is 0.146 e. The number of benzene rings is 1. The number of aromatic nitrogens is 2. The number of hydrogen-bond donors (Lipinski definition) is 3. The van der Waals surface area contributed by atoms with Gasteiger partial charge in [0.1, 0.15) is 11.3 Å². The fraction of sp³-hybridized carbons (Fsp3) is 0.533. The third-order valence-corrected chi connectivity index (χ3v) is 3.54. The van der Waals surface area contributed by atoms with Gasteiger partial charge in [0.2, 0.25) is 0 Å². The van der Waals surface area contributed by atoms with Crippen LogP contribution in [0.2, 0.25) is 0 Å². The third-order valence-electron chi connectivity index (χ3n) is 3.54. The molecule has 0 spiro atoms. The molecule has 0 aliphatic rings. The van der Waals surface area contributed by atoms with E-state index in [9.17, 15) is 10.2 Å². The van der Waals surface area contributed by atoms with E-state index in [4.69, 9.17) is 0 Å². The number of phenolic OH excluding ortho intramolecular Hbond substituents is 1. The van der Waals surface area contributed by atoms with Crippen LogP contribution < -0.4 is 0 Å². The van der Waals surface area contributed by atoms with Crippen molar-refractivity contribution in [3.8, 4) is 5.75 Å². The van der Waals surface area contributed by atoms with Crippen molar-refractivity contribution in [2.45, 2.75) is 51.6 Å². The molecule has 0 bridgehead atoms. The largest absolute Gasteiger partial charge is 0.505 e. The summed E-state index contributed by atoms with van der Waals surface area (Å²) in [6.07, 6.45) is 6.93. The number of aromatic amines is 1. The van der Waals surface area contributed by atoms with Gasteiger partial charge in [0, 0.05) is 0 Å². The average molecular weight is 262 g/mol. The van der Waals surface area contributed by atoms with E-state index in [-0.39, 0.29) is 11.9 Å². The summed E-state index contributed by atoms with van der Waals surface area (Å²) in [5.74, 6) is 0.236. The Morgan fingerprint density at radius 3 is 2.89 bits per heavy atom. The molecule has 0 radical (unpaired) electrons. The number of rotatable bonds is 7. The molecule has 4 nitrogen and oxygen atoms in total. The van der Waals surface area contributed by atoms with Crippen LogP contribution in [0.4, 0.5) is 0 Å². The molecule has 0 fully saturated rings. The summed E-state index contributed by atoms with van der Waals surface area (Å²) in [6.45, 7) is 2.16. The van der Waals surface area contributed by atoms with E-state index in [0.717, 1.165) is 23.9 Å². The number of aliphatic hydroxyl groups excluding tert-OH is 1. The second-order valence-electron chi connectivity index (χ2n) is 5.06. The zero-order chi connectivity index (χ0) is 13.7. The Bertz CT molecular complexity index is 522. The normalized spacial score (nSPS) is 12.9. The van der Waals surface area contributed by atoms with Crippen molar-refractivity contribution in [2.75, 3.05) is 0 Å². The quantitative estimate of drug-likeness (QED) is 0.671. The fourth-order valence-electron chi connectivity index (χ4n) is 2.33. The molecule has 0 saturated heterocycles. The lowest BCUT2D eigenvalue weighted by molar-refractivity contribution is 0.151. The molecule has 3 N–H and O–H groups in total. The number of nitrogens with zero attached hydrogens (tertiary/aromatic N) is 1. The van der Waals surface area contributed by atoms with Gasteiger partial charge in [0.15, 0.2) is 0 Å². The van der Waals surface area contributed by atoms with Crippen LogP contribution in [0.1, 0.15) is 44.6 Å². The van der Waals surface area contributed by atoms with Crippen LogP contribution in [-0.2, 0) is 6.42 Å². The van der Waals surface area contributed by atoms with E-state index in [1.54, 1.807) is 6.33 Å². The average Bonchev–Trinajstić information content (AvgIpc) is 2.87. The van der Waals surface area contributed by atoms with Crippen molar-refractivity contribution in [2.24, 2.45) is 0 Å². The van der Waals surface area contributed by atoms with Crippen LogP contribution in [0.3, 0.4) is 0 Å². The zero-order valence-electron chi connectivity index (χ0n) is 11.4. The highest BCUT2D eigenvalue weighted by molar-refractivity contribution is 5.82. The van der Waals surface area contributed by atoms with Gasteiger partial charge in [-0.05, 0) is 30.9 Å². The maximum Gasteiger partial charge on any atom is 0.146 e. The Morgan fingerprint density at radius 1 is 1.26 bits per heavy atom. The minimum absolute atomic E-state index is 0.236. The molecular formula is C15H22N2O2. The SMILES string of the molecule is CCCCCC(O)CCc1ccc2[nH]cnc2c1O. The number of H-pyrrole nitrogens is 1. The van der Waals surface area contributed by atoms with Crippen LogP contribution in [-0.4, -0.2) is 26.3 Å². The zero-order valence-corrected chi connectivity index (χ0v) is 11.4. The lowest BCUT2D eigenvalue weighted by atomic mass is 10.0. The number of aromatic hydroxyl groups is 1. The van der Waals surface area contributed by atoms with Crippen molar-refractivity contribution in [1.82, 2.24) is 9.97 Å². The molecule has 0 saturated carbocycles. The maximum absolute atomic E-state index is 10.1. The topological polar surface area (TPSA) is 69.1 Å². The van der Waals surface area contributed by atoms with Gasteiger partial charge in [-0.2, -0.15) is 0 Å². The maximum atomic E-state index is 10.1. The van der Waals surface area contributed by atoms with E-state index < -0.39 is 0 Å². The van der Waals surface area contributed by atoms with Gasteiger partial charge < -0.3 is 15.2 Å². The van der Waals surface area contributed by atoms with Gasteiger partial charge in [0.05, 0.1) is 17.9 Å². The highest BCUT2D eigenvalue weighted by atomic mass is 16.3. The minimum Gasteiger partial charge on any atom is -0.505 e. The molecule has 1 atom stereocenters. The number of unbranched alkanes of at least 4 members (excludes halogenated alkanes) is 2. The van der Waals surface area contributed by atoms with Gasteiger partial charge in [0.25, 0.3) is 0 Å². The Balaban J connectivity index is 1.92. The van der Waals surface area contributed by atoms with Crippen molar-refractivity contribution in [3.05, 3.63) is 24.0 Å². The second-order valence-corrected chi connectivity index (χ2v) is 5.06. The summed E-state index contributed by atoms with van der Waals surface area (Å²) >= 11 is 0. The summed E-state index contributed by atoms with van der Waals surface area (Å²) in [5.41, 5.74) is 2.30. The molecule has 0 aliphatic heterocycles. The Labute approximate surface area is 113 Å². The van der Waals surface area contributed by atoms with E-state index in [2.05, 4.69) is 16.9 Å². The van der Waals surface area contributed by atoms with Gasteiger partial charge in [-0.3, -0.25) is 0 Å². The number of phenols is 1. The van der Waals surface area contributed by atoms with Crippen LogP contribution in [0.5, 0.6) is 5.75 Å². The van der Waals surface area contributed by atoms with Crippen molar-refractivity contribution in [3.63, 3.8) is 0 Å². The number of hydrogen-bond acceptors (Lipinski definition) is 3. The molecular weight excluding hydrogens is 240 g/mol. The molecule has 0 aliphatic carbocycles. The van der Waals surface area contributed by atoms with Gasteiger partial charge in [-0.1, -0.05) is 32.3 Å². The fourth-order valence-corrected chi connectivity index (χ4v) is 2.33. The lowest BCUT2D eigenvalue weighted by Gasteiger charge is -2.11. The third kappa shape index (κ3) is 3.47. The van der Waals surface area contributed by atoms with Crippen molar-refractivity contribution < 1.29 is 10.2 Å². The molecule has 1 aromatic heterocycles. The van der Waals surface area contributed by atoms with E-state index in [1.165, 1.54) is 12.8 Å². The molecule has 104 valence electrons. The van der Waals surface area contributed by atoms with Crippen LogP contribution in [0, 0.1) is 0 Å². The van der Waals surface area contributed by atoms with E-state index in [1.807, 2.05) is 12.1 Å². The molecule has 2 rings (SSSR count).